The van der Waals surface area contributed by atoms with Crippen molar-refractivity contribution in [2.45, 2.75) is 26.1 Å². The van der Waals surface area contributed by atoms with Crippen molar-refractivity contribution in [3.05, 3.63) is 88.9 Å². The van der Waals surface area contributed by atoms with Gasteiger partial charge in [-0.3, -0.25) is 14.4 Å². The van der Waals surface area contributed by atoms with Crippen molar-refractivity contribution >= 4 is 16.8 Å². The maximum atomic E-state index is 13.6. The maximum Gasteiger partial charge on any atom is 0.274 e. The Morgan fingerprint density at radius 1 is 0.971 bits per heavy atom. The third kappa shape index (κ3) is 4.26. The van der Waals surface area contributed by atoms with Gasteiger partial charge in [-0.1, -0.05) is 48.5 Å². The smallest absolute Gasteiger partial charge is 0.274 e. The Bertz CT molecular complexity index is 1350. The Hall–Kier alpha value is -3.42. The Balaban J connectivity index is 1.31. The monoisotopic (exact) mass is 469 g/mol. The van der Waals surface area contributed by atoms with Gasteiger partial charge in [-0.15, -0.1) is 0 Å². The van der Waals surface area contributed by atoms with Crippen molar-refractivity contribution in [1.82, 2.24) is 24.1 Å². The van der Waals surface area contributed by atoms with Gasteiger partial charge < -0.3 is 14.2 Å². The van der Waals surface area contributed by atoms with Crippen LogP contribution in [0, 0.1) is 0 Å². The second-order valence-electron chi connectivity index (χ2n) is 9.56. The molecule has 2 aliphatic rings. The number of aryl methyl sites for hydroxylation is 1. The van der Waals surface area contributed by atoms with Gasteiger partial charge in [-0.25, -0.2) is 0 Å². The fraction of sp³-hybridized carbons (Fsp3) is 0.357. The molecule has 0 N–H and O–H groups in total. The topological polar surface area (TPSA) is 55.5 Å². The van der Waals surface area contributed by atoms with Crippen LogP contribution in [0.4, 0.5) is 0 Å². The second kappa shape index (κ2) is 9.32. The molecule has 1 saturated heterocycles. The number of para-hydroxylation sites is 1. The highest BCUT2D eigenvalue weighted by Crippen LogP contribution is 2.28. The number of carbonyl (C=O) groups excluding carboxylic acids is 1. The van der Waals surface area contributed by atoms with Crippen LogP contribution in [0.3, 0.4) is 0 Å². The minimum Gasteiger partial charge on any atom is -0.378 e. The van der Waals surface area contributed by atoms with Crippen molar-refractivity contribution in [3.8, 4) is 0 Å². The molecule has 0 saturated carbocycles. The summed E-state index contributed by atoms with van der Waals surface area (Å²) in [5, 5.41) is 6.21. The van der Waals surface area contributed by atoms with Crippen molar-refractivity contribution in [2.24, 2.45) is 7.05 Å². The zero-order valence-corrected chi connectivity index (χ0v) is 20.2. The van der Waals surface area contributed by atoms with Crippen molar-refractivity contribution in [2.75, 3.05) is 32.8 Å². The first-order valence-electron chi connectivity index (χ1n) is 12.4. The molecule has 0 aliphatic carbocycles. The molecular formula is C28H31N5O2. The molecule has 2 aromatic carbocycles. The van der Waals surface area contributed by atoms with Crippen molar-refractivity contribution in [1.29, 1.82) is 0 Å². The Labute approximate surface area is 205 Å². The predicted molar refractivity (Wildman–Crippen MR) is 135 cm³/mol. The highest BCUT2D eigenvalue weighted by atomic mass is 16.5. The second-order valence-corrected chi connectivity index (χ2v) is 9.56. The van der Waals surface area contributed by atoms with Crippen LogP contribution in [-0.2, 0) is 37.8 Å². The fourth-order valence-electron chi connectivity index (χ4n) is 5.45. The van der Waals surface area contributed by atoms with Crippen molar-refractivity contribution in [3.63, 3.8) is 0 Å². The number of carbonyl (C=O) groups is 1. The number of hydrogen-bond acceptors (Lipinski definition) is 4. The van der Waals surface area contributed by atoms with E-state index in [1.807, 2.05) is 11.0 Å². The fourth-order valence-corrected chi connectivity index (χ4v) is 5.45. The molecule has 180 valence electrons. The number of fused-ring (bicyclic) bond motifs is 2. The van der Waals surface area contributed by atoms with Gasteiger partial charge in [-0.2, -0.15) is 5.10 Å². The molecule has 4 heterocycles. The quantitative estimate of drug-likeness (QED) is 0.449. The standard InChI is InChI=1S/C28H31N5O2/c1-30-18-22(23-9-5-6-10-25(23)30)19-31-12-11-26-24(20-31)27(28(34)32-13-15-35-16-14-32)29-33(26)17-21-7-3-2-4-8-21/h2-10,18H,11-17,19-20H2,1H3. The number of rotatable bonds is 5. The van der Waals surface area contributed by atoms with E-state index in [0.717, 1.165) is 31.6 Å². The Morgan fingerprint density at radius 2 is 1.74 bits per heavy atom. The molecule has 7 heteroatoms. The van der Waals surface area contributed by atoms with Crippen LogP contribution in [0.2, 0.25) is 0 Å². The van der Waals surface area contributed by atoms with E-state index in [-0.39, 0.29) is 5.91 Å². The number of benzene rings is 2. The third-order valence-electron chi connectivity index (χ3n) is 7.26. The summed E-state index contributed by atoms with van der Waals surface area (Å²) in [5.41, 5.74) is 6.66. The summed E-state index contributed by atoms with van der Waals surface area (Å²) in [6, 6.07) is 18.9. The summed E-state index contributed by atoms with van der Waals surface area (Å²) < 4.78 is 9.74. The number of amides is 1. The lowest BCUT2D eigenvalue weighted by Gasteiger charge is -2.29. The molecule has 7 nitrogen and oxygen atoms in total. The van der Waals surface area contributed by atoms with E-state index in [0.29, 0.717) is 38.5 Å². The first-order valence-corrected chi connectivity index (χ1v) is 12.4. The number of ether oxygens (including phenoxy) is 1. The average molecular weight is 470 g/mol. The summed E-state index contributed by atoms with van der Waals surface area (Å²) in [6.07, 6.45) is 3.12. The van der Waals surface area contributed by atoms with Crippen LogP contribution >= 0.6 is 0 Å². The molecule has 6 rings (SSSR count). The lowest BCUT2D eigenvalue weighted by atomic mass is 10.0. The van der Waals surface area contributed by atoms with Crippen LogP contribution in [0.25, 0.3) is 10.9 Å². The summed E-state index contributed by atoms with van der Waals surface area (Å²) in [6.45, 7) is 5.65. The van der Waals surface area contributed by atoms with Gasteiger partial charge >= 0.3 is 0 Å². The molecule has 0 radical (unpaired) electrons. The molecule has 0 bridgehead atoms. The van der Waals surface area contributed by atoms with Gasteiger partial charge in [0.05, 0.1) is 19.8 Å². The first kappa shape index (κ1) is 22.1. The normalized spacial score (nSPS) is 16.5. The molecule has 0 unspecified atom stereocenters. The van der Waals surface area contributed by atoms with Crippen LogP contribution in [-0.4, -0.2) is 62.9 Å². The molecule has 0 spiro atoms. The maximum absolute atomic E-state index is 13.6. The lowest BCUT2D eigenvalue weighted by Crippen LogP contribution is -2.41. The highest BCUT2D eigenvalue weighted by molar-refractivity contribution is 5.94. The van der Waals surface area contributed by atoms with Gasteiger partial charge in [0.1, 0.15) is 0 Å². The number of hydrogen-bond donors (Lipinski definition) is 0. The summed E-state index contributed by atoms with van der Waals surface area (Å²) in [4.78, 5) is 17.9. The predicted octanol–water partition coefficient (Wildman–Crippen LogP) is 3.45. The van der Waals surface area contributed by atoms with Crippen molar-refractivity contribution < 1.29 is 9.53 Å². The molecule has 1 fully saturated rings. The Kier molecular flexibility index (Phi) is 5.88. The van der Waals surface area contributed by atoms with Crippen LogP contribution < -0.4 is 0 Å². The molecular weight excluding hydrogens is 438 g/mol. The third-order valence-corrected chi connectivity index (χ3v) is 7.26. The molecule has 35 heavy (non-hydrogen) atoms. The van der Waals surface area contributed by atoms with Gasteiger partial charge in [-0.05, 0) is 17.2 Å². The van der Waals surface area contributed by atoms with Gasteiger partial charge in [0.15, 0.2) is 5.69 Å². The van der Waals surface area contributed by atoms with Crippen LogP contribution in [0.15, 0.2) is 60.8 Å². The molecule has 2 aliphatic heterocycles. The van der Waals surface area contributed by atoms with Crippen LogP contribution in [0.5, 0.6) is 0 Å². The van der Waals surface area contributed by atoms with E-state index in [1.165, 1.54) is 27.7 Å². The summed E-state index contributed by atoms with van der Waals surface area (Å²) in [7, 11) is 2.10. The van der Waals surface area contributed by atoms with E-state index in [2.05, 4.69) is 75.9 Å². The zero-order chi connectivity index (χ0) is 23.8. The summed E-state index contributed by atoms with van der Waals surface area (Å²) in [5.74, 6) is 0.0309. The number of morpholine rings is 1. The molecule has 0 atom stereocenters. The van der Waals surface area contributed by atoms with E-state index < -0.39 is 0 Å². The van der Waals surface area contributed by atoms with Gasteiger partial charge in [0, 0.05) is 74.5 Å². The minimum atomic E-state index is 0.0309. The van der Waals surface area contributed by atoms with Gasteiger partial charge in [0.2, 0.25) is 0 Å². The van der Waals surface area contributed by atoms with E-state index in [9.17, 15) is 4.79 Å². The molecule has 2 aromatic heterocycles. The van der Waals surface area contributed by atoms with E-state index >= 15 is 0 Å². The molecule has 1 amide bonds. The number of nitrogens with zero attached hydrogens (tertiary/aromatic N) is 5. The number of aromatic nitrogens is 3. The van der Waals surface area contributed by atoms with Crippen LogP contribution in [0.1, 0.15) is 32.9 Å². The lowest BCUT2D eigenvalue weighted by molar-refractivity contribution is 0.0297. The SMILES string of the molecule is Cn1cc(CN2CCc3c(c(C(=O)N4CCOCC4)nn3Cc3ccccc3)C2)c2ccccc21. The van der Waals surface area contributed by atoms with Gasteiger partial charge in [0.25, 0.3) is 5.91 Å². The van der Waals surface area contributed by atoms with E-state index in [1.54, 1.807) is 0 Å². The first-order chi connectivity index (χ1) is 17.2. The molecule has 4 aromatic rings. The largest absolute Gasteiger partial charge is 0.378 e. The van der Waals surface area contributed by atoms with E-state index in [4.69, 9.17) is 9.84 Å². The Morgan fingerprint density at radius 3 is 2.57 bits per heavy atom. The average Bonchev–Trinajstić information content (AvgIpc) is 3.42. The summed E-state index contributed by atoms with van der Waals surface area (Å²) >= 11 is 0. The highest BCUT2D eigenvalue weighted by Gasteiger charge is 2.31. The zero-order valence-electron chi connectivity index (χ0n) is 20.2. The minimum absolute atomic E-state index is 0.0309.